The highest BCUT2D eigenvalue weighted by Gasteiger charge is 2.25. The summed E-state index contributed by atoms with van der Waals surface area (Å²) in [6.45, 7) is 3.78. The van der Waals surface area contributed by atoms with Crippen molar-refractivity contribution in [2.75, 3.05) is 12.4 Å². The number of benzene rings is 1. The van der Waals surface area contributed by atoms with Gasteiger partial charge in [0.2, 0.25) is 5.91 Å². The number of rotatable bonds is 3. The number of hydrogen-bond acceptors (Lipinski definition) is 1. The van der Waals surface area contributed by atoms with Crippen molar-refractivity contribution in [2.24, 2.45) is 5.41 Å². The third-order valence-corrected chi connectivity index (χ3v) is 3.03. The third kappa shape index (κ3) is 4.38. The zero-order valence-electron chi connectivity index (χ0n) is 10.4. The van der Waals surface area contributed by atoms with E-state index in [1.165, 1.54) is 12.1 Å². The lowest BCUT2D eigenvalue weighted by atomic mass is 9.95. The fourth-order valence-electron chi connectivity index (χ4n) is 1.10. The van der Waals surface area contributed by atoms with E-state index in [-0.39, 0.29) is 24.1 Å². The van der Waals surface area contributed by atoms with Gasteiger partial charge < -0.3 is 5.32 Å². The van der Waals surface area contributed by atoms with E-state index in [1.807, 2.05) is 0 Å². The fraction of sp³-hybridized carbons (Fsp3) is 0.357. The Labute approximate surface area is 112 Å². The van der Waals surface area contributed by atoms with E-state index in [4.69, 9.17) is 11.6 Å². The Morgan fingerprint density at radius 1 is 1.39 bits per heavy atom. The van der Waals surface area contributed by atoms with Gasteiger partial charge in [-0.05, 0) is 38.1 Å². The molecule has 2 nitrogen and oxygen atoms in total. The summed E-state index contributed by atoms with van der Waals surface area (Å²) in [5.74, 6) is 5.46. The van der Waals surface area contributed by atoms with Crippen molar-refractivity contribution in [3.63, 3.8) is 0 Å². The number of amides is 1. The van der Waals surface area contributed by atoms with Crippen LogP contribution in [0.25, 0.3) is 0 Å². The second-order valence-electron chi connectivity index (χ2n) is 4.51. The predicted molar refractivity (Wildman–Crippen MR) is 70.8 cm³/mol. The van der Waals surface area contributed by atoms with E-state index >= 15 is 0 Å². The predicted octanol–water partition coefficient (Wildman–Crippen LogP) is 2.56. The quantitative estimate of drug-likeness (QED) is 0.662. The van der Waals surface area contributed by atoms with Crippen molar-refractivity contribution in [3.05, 3.63) is 35.6 Å². The molecule has 0 spiro atoms. The second-order valence-corrected chi connectivity index (χ2v) is 4.78. The maximum Gasteiger partial charge on any atom is 0.227 e. The molecule has 0 aliphatic rings. The van der Waals surface area contributed by atoms with E-state index in [0.29, 0.717) is 5.56 Å². The molecular weight excluding hydrogens is 253 g/mol. The Kier molecular flexibility index (Phi) is 5.18. The van der Waals surface area contributed by atoms with Crippen LogP contribution in [0.4, 0.5) is 4.39 Å². The van der Waals surface area contributed by atoms with Gasteiger partial charge in [0.1, 0.15) is 5.82 Å². The number of halogens is 2. The van der Waals surface area contributed by atoms with E-state index in [1.54, 1.807) is 26.0 Å². The Balaban J connectivity index is 2.48. The van der Waals surface area contributed by atoms with Gasteiger partial charge in [0, 0.05) is 11.4 Å². The minimum absolute atomic E-state index is 0.133. The van der Waals surface area contributed by atoms with Crippen LogP contribution < -0.4 is 5.32 Å². The lowest BCUT2D eigenvalue weighted by Gasteiger charge is -2.19. The Morgan fingerprint density at radius 2 is 2.00 bits per heavy atom. The van der Waals surface area contributed by atoms with E-state index in [2.05, 4.69) is 17.2 Å². The molecule has 1 aromatic rings. The van der Waals surface area contributed by atoms with Crippen molar-refractivity contribution >= 4 is 17.5 Å². The first kappa shape index (κ1) is 14.5. The fourth-order valence-corrected chi connectivity index (χ4v) is 1.23. The van der Waals surface area contributed by atoms with Crippen molar-refractivity contribution in [1.29, 1.82) is 0 Å². The van der Waals surface area contributed by atoms with Gasteiger partial charge in [-0.15, -0.1) is 11.6 Å². The standard InChI is InChI=1S/C14H15ClFNO/c1-14(2,10-15)13(18)17-9-3-4-11-5-7-12(16)8-6-11/h5-8H,9-10H2,1-2H3,(H,17,18). The maximum atomic E-state index is 12.6. The van der Waals surface area contributed by atoms with Crippen LogP contribution in [0.3, 0.4) is 0 Å². The van der Waals surface area contributed by atoms with Crippen molar-refractivity contribution in [2.45, 2.75) is 13.8 Å². The first-order valence-corrected chi connectivity index (χ1v) is 6.08. The van der Waals surface area contributed by atoms with Gasteiger partial charge in [-0.1, -0.05) is 11.8 Å². The topological polar surface area (TPSA) is 29.1 Å². The average Bonchev–Trinajstić information content (AvgIpc) is 2.36. The molecular formula is C14H15ClFNO. The molecule has 96 valence electrons. The molecule has 0 bridgehead atoms. The highest BCUT2D eigenvalue weighted by atomic mass is 35.5. The number of carbonyl (C=O) groups excluding carboxylic acids is 1. The van der Waals surface area contributed by atoms with Gasteiger partial charge in [0.05, 0.1) is 12.0 Å². The number of carbonyl (C=O) groups is 1. The van der Waals surface area contributed by atoms with Gasteiger partial charge in [-0.2, -0.15) is 0 Å². The number of hydrogen-bond donors (Lipinski definition) is 1. The monoisotopic (exact) mass is 267 g/mol. The average molecular weight is 268 g/mol. The first-order chi connectivity index (χ1) is 8.45. The van der Waals surface area contributed by atoms with Crippen LogP contribution in [-0.4, -0.2) is 18.3 Å². The van der Waals surface area contributed by atoms with Crippen LogP contribution in [0.5, 0.6) is 0 Å². The SMILES string of the molecule is CC(C)(CCl)C(=O)NCC#Cc1ccc(F)cc1. The zero-order valence-corrected chi connectivity index (χ0v) is 11.1. The summed E-state index contributed by atoms with van der Waals surface area (Å²) in [5, 5.41) is 2.68. The maximum absolute atomic E-state index is 12.6. The van der Waals surface area contributed by atoms with Crippen molar-refractivity contribution in [3.8, 4) is 11.8 Å². The largest absolute Gasteiger partial charge is 0.345 e. The van der Waals surface area contributed by atoms with Crippen LogP contribution in [-0.2, 0) is 4.79 Å². The number of nitrogens with one attached hydrogen (secondary N) is 1. The molecule has 0 saturated carbocycles. The smallest absolute Gasteiger partial charge is 0.227 e. The molecule has 1 rings (SSSR count). The Bertz CT molecular complexity index is 471. The van der Waals surface area contributed by atoms with Crippen LogP contribution in [0, 0.1) is 23.1 Å². The van der Waals surface area contributed by atoms with Crippen LogP contribution in [0.1, 0.15) is 19.4 Å². The summed E-state index contributed by atoms with van der Waals surface area (Å²) in [7, 11) is 0. The normalized spacial score (nSPS) is 10.4. The summed E-state index contributed by atoms with van der Waals surface area (Å²) < 4.78 is 12.6. The molecule has 4 heteroatoms. The molecule has 18 heavy (non-hydrogen) atoms. The van der Waals surface area contributed by atoms with E-state index in [0.717, 1.165) is 0 Å². The first-order valence-electron chi connectivity index (χ1n) is 5.54. The molecule has 1 amide bonds. The van der Waals surface area contributed by atoms with Crippen LogP contribution in [0.2, 0.25) is 0 Å². The molecule has 0 aliphatic heterocycles. The lowest BCUT2D eigenvalue weighted by Crippen LogP contribution is -2.38. The van der Waals surface area contributed by atoms with Crippen molar-refractivity contribution in [1.82, 2.24) is 5.32 Å². The number of alkyl halides is 1. The van der Waals surface area contributed by atoms with Gasteiger partial charge in [0.25, 0.3) is 0 Å². The molecule has 0 aliphatic carbocycles. The molecule has 0 saturated heterocycles. The molecule has 0 atom stereocenters. The van der Waals surface area contributed by atoms with Crippen LogP contribution >= 0.6 is 11.6 Å². The second kappa shape index (κ2) is 6.42. The highest BCUT2D eigenvalue weighted by molar-refractivity contribution is 6.19. The minimum atomic E-state index is -0.598. The third-order valence-electron chi connectivity index (χ3n) is 2.36. The molecule has 0 radical (unpaired) electrons. The summed E-state index contributed by atoms with van der Waals surface area (Å²) in [6.07, 6.45) is 0. The molecule has 0 aromatic heterocycles. The highest BCUT2D eigenvalue weighted by Crippen LogP contribution is 2.16. The summed E-state index contributed by atoms with van der Waals surface area (Å²) in [6, 6.07) is 5.87. The van der Waals surface area contributed by atoms with Gasteiger partial charge >= 0.3 is 0 Å². The molecule has 1 aromatic carbocycles. The lowest BCUT2D eigenvalue weighted by molar-refractivity contribution is -0.128. The van der Waals surface area contributed by atoms with E-state index in [9.17, 15) is 9.18 Å². The van der Waals surface area contributed by atoms with E-state index < -0.39 is 5.41 Å². The van der Waals surface area contributed by atoms with Gasteiger partial charge in [0.15, 0.2) is 0 Å². The van der Waals surface area contributed by atoms with Crippen molar-refractivity contribution < 1.29 is 9.18 Å². The molecule has 0 unspecified atom stereocenters. The van der Waals surface area contributed by atoms with Gasteiger partial charge in [-0.25, -0.2) is 4.39 Å². The molecule has 0 fully saturated rings. The zero-order chi connectivity index (χ0) is 13.6. The summed E-state index contributed by atoms with van der Waals surface area (Å²) in [4.78, 5) is 11.6. The minimum Gasteiger partial charge on any atom is -0.345 e. The van der Waals surface area contributed by atoms with Crippen LogP contribution in [0.15, 0.2) is 24.3 Å². The molecule has 1 N–H and O–H groups in total. The Morgan fingerprint density at radius 3 is 2.56 bits per heavy atom. The molecule has 0 heterocycles. The Hall–Kier alpha value is -1.53. The van der Waals surface area contributed by atoms with Gasteiger partial charge in [-0.3, -0.25) is 4.79 Å². The summed E-state index contributed by atoms with van der Waals surface area (Å²) in [5.41, 5.74) is 0.112. The summed E-state index contributed by atoms with van der Waals surface area (Å²) >= 11 is 5.68.